The summed E-state index contributed by atoms with van der Waals surface area (Å²) in [6, 6.07) is 0.412. The summed E-state index contributed by atoms with van der Waals surface area (Å²) in [5.74, 6) is 0. The van der Waals surface area contributed by atoms with Gasteiger partial charge < -0.3 is 15.4 Å². The van der Waals surface area contributed by atoms with Crippen molar-refractivity contribution in [2.45, 2.75) is 25.8 Å². The molecule has 0 aromatic rings. The third-order valence-corrected chi connectivity index (χ3v) is 3.43. The van der Waals surface area contributed by atoms with Gasteiger partial charge in [-0.1, -0.05) is 6.92 Å². The lowest BCUT2D eigenvalue weighted by Gasteiger charge is -2.43. The maximum atomic E-state index is 5.87. The molecule has 0 amide bonds. The molecule has 13 heavy (non-hydrogen) atoms. The number of nitrogens with two attached hydrogens (primary N) is 1. The van der Waals surface area contributed by atoms with Crippen molar-refractivity contribution in [2.75, 3.05) is 32.8 Å². The minimum atomic E-state index is 0.412. The summed E-state index contributed by atoms with van der Waals surface area (Å²) < 4.78 is 5.31. The van der Waals surface area contributed by atoms with Crippen molar-refractivity contribution >= 4 is 0 Å². The normalized spacial score (nSPS) is 33.2. The quantitative estimate of drug-likeness (QED) is 0.692. The van der Waals surface area contributed by atoms with Gasteiger partial charge in [-0.25, -0.2) is 0 Å². The van der Waals surface area contributed by atoms with Gasteiger partial charge in [-0.3, -0.25) is 0 Å². The van der Waals surface area contributed by atoms with E-state index in [2.05, 4.69) is 11.8 Å². The molecule has 2 rings (SSSR count). The molecule has 2 fully saturated rings. The van der Waals surface area contributed by atoms with E-state index in [9.17, 15) is 0 Å². The van der Waals surface area contributed by atoms with Crippen molar-refractivity contribution in [2.24, 2.45) is 11.1 Å². The minimum Gasteiger partial charge on any atom is -0.380 e. The number of rotatable bonds is 3. The number of hydrogen-bond donors (Lipinski definition) is 1. The van der Waals surface area contributed by atoms with Crippen LogP contribution in [0.5, 0.6) is 0 Å². The Labute approximate surface area is 80.2 Å². The number of nitrogens with zero attached hydrogens (tertiary/aromatic N) is 1. The zero-order valence-electron chi connectivity index (χ0n) is 8.46. The highest BCUT2D eigenvalue weighted by molar-refractivity contribution is 4.90. The molecule has 76 valence electrons. The third-order valence-electron chi connectivity index (χ3n) is 3.43. The van der Waals surface area contributed by atoms with E-state index in [1.54, 1.807) is 0 Å². The second kappa shape index (κ2) is 3.56. The Hall–Kier alpha value is -0.120. The minimum absolute atomic E-state index is 0.412. The van der Waals surface area contributed by atoms with Crippen LogP contribution in [0.2, 0.25) is 0 Å². The fourth-order valence-corrected chi connectivity index (χ4v) is 2.28. The summed E-state index contributed by atoms with van der Waals surface area (Å²) in [5.41, 5.74) is 6.33. The summed E-state index contributed by atoms with van der Waals surface area (Å²) in [5, 5.41) is 0. The Kier molecular flexibility index (Phi) is 2.58. The summed E-state index contributed by atoms with van der Waals surface area (Å²) in [6.07, 6.45) is 2.40. The van der Waals surface area contributed by atoms with Gasteiger partial charge in [-0.05, 0) is 19.4 Å². The maximum absolute atomic E-state index is 5.87. The van der Waals surface area contributed by atoms with Crippen molar-refractivity contribution in [3.63, 3.8) is 0 Å². The highest BCUT2D eigenvalue weighted by atomic mass is 16.5. The van der Waals surface area contributed by atoms with Gasteiger partial charge in [-0.15, -0.1) is 0 Å². The van der Waals surface area contributed by atoms with Crippen molar-refractivity contribution in [3.8, 4) is 0 Å². The Bertz CT molecular complexity index is 174. The fourth-order valence-electron chi connectivity index (χ4n) is 2.28. The molecule has 2 saturated heterocycles. The summed E-state index contributed by atoms with van der Waals surface area (Å²) in [7, 11) is 0. The van der Waals surface area contributed by atoms with E-state index in [1.165, 1.54) is 25.9 Å². The summed E-state index contributed by atoms with van der Waals surface area (Å²) in [6.45, 7) is 7.63. The Morgan fingerprint density at radius 2 is 2.31 bits per heavy atom. The van der Waals surface area contributed by atoms with Crippen LogP contribution in [0, 0.1) is 5.41 Å². The van der Waals surface area contributed by atoms with Gasteiger partial charge in [0.2, 0.25) is 0 Å². The van der Waals surface area contributed by atoms with Crippen LogP contribution in [0.4, 0.5) is 0 Å². The van der Waals surface area contributed by atoms with Crippen LogP contribution in [0.15, 0.2) is 0 Å². The van der Waals surface area contributed by atoms with Gasteiger partial charge in [-0.2, -0.15) is 0 Å². The van der Waals surface area contributed by atoms with E-state index in [0.717, 1.165) is 19.8 Å². The summed E-state index contributed by atoms with van der Waals surface area (Å²) >= 11 is 0. The van der Waals surface area contributed by atoms with E-state index < -0.39 is 0 Å². The van der Waals surface area contributed by atoms with E-state index in [1.807, 2.05) is 0 Å². The molecule has 0 spiro atoms. The molecular weight excluding hydrogens is 164 g/mol. The average Bonchev–Trinajstić information content (AvgIpc) is 2.44. The molecule has 1 atom stereocenters. The van der Waals surface area contributed by atoms with Gasteiger partial charge in [0.25, 0.3) is 0 Å². The second-order valence-electron chi connectivity index (χ2n) is 4.63. The largest absolute Gasteiger partial charge is 0.380 e. The maximum Gasteiger partial charge on any atom is 0.0557 e. The number of hydrogen-bond acceptors (Lipinski definition) is 3. The van der Waals surface area contributed by atoms with Crippen molar-refractivity contribution in [3.05, 3.63) is 0 Å². The number of ether oxygens (including phenoxy) is 1. The molecule has 2 aliphatic heterocycles. The molecule has 0 aromatic heterocycles. The van der Waals surface area contributed by atoms with Crippen LogP contribution in [0.1, 0.15) is 19.8 Å². The molecule has 0 saturated carbocycles. The highest BCUT2D eigenvalue weighted by Gasteiger charge is 2.39. The van der Waals surface area contributed by atoms with Gasteiger partial charge in [0.1, 0.15) is 0 Å². The molecule has 3 nitrogen and oxygen atoms in total. The molecule has 2 aliphatic rings. The standard InChI is InChI=1S/C10H20N2O/c1-2-10(7-13-8-10)6-12-4-3-9(11)5-12/h9H,2-8,11H2,1H3. The van der Waals surface area contributed by atoms with Gasteiger partial charge in [0.05, 0.1) is 13.2 Å². The molecule has 1 unspecified atom stereocenters. The molecule has 0 radical (unpaired) electrons. The lowest BCUT2D eigenvalue weighted by atomic mass is 9.83. The molecule has 0 aromatic carbocycles. The van der Waals surface area contributed by atoms with Crippen LogP contribution in [-0.4, -0.2) is 43.8 Å². The van der Waals surface area contributed by atoms with E-state index >= 15 is 0 Å². The van der Waals surface area contributed by atoms with Crippen LogP contribution in [-0.2, 0) is 4.74 Å². The van der Waals surface area contributed by atoms with Crippen LogP contribution < -0.4 is 5.73 Å². The third kappa shape index (κ3) is 1.87. The first-order chi connectivity index (χ1) is 6.24. The molecule has 0 aliphatic carbocycles. The SMILES string of the molecule is CCC1(CN2CCC(N)C2)COC1. The fraction of sp³-hybridized carbons (Fsp3) is 1.00. The Morgan fingerprint density at radius 1 is 1.54 bits per heavy atom. The molecule has 3 heteroatoms. The lowest BCUT2D eigenvalue weighted by molar-refractivity contribution is -0.126. The highest BCUT2D eigenvalue weighted by Crippen LogP contribution is 2.32. The van der Waals surface area contributed by atoms with E-state index in [4.69, 9.17) is 10.5 Å². The van der Waals surface area contributed by atoms with Crippen LogP contribution >= 0.6 is 0 Å². The van der Waals surface area contributed by atoms with Crippen molar-refractivity contribution < 1.29 is 4.74 Å². The molecule has 2 heterocycles. The first-order valence-corrected chi connectivity index (χ1v) is 5.30. The molecule has 2 N–H and O–H groups in total. The monoisotopic (exact) mass is 184 g/mol. The zero-order chi connectivity index (χ0) is 9.31. The second-order valence-corrected chi connectivity index (χ2v) is 4.63. The molecular formula is C10H20N2O. The van der Waals surface area contributed by atoms with Crippen LogP contribution in [0.3, 0.4) is 0 Å². The van der Waals surface area contributed by atoms with Gasteiger partial charge >= 0.3 is 0 Å². The average molecular weight is 184 g/mol. The first-order valence-electron chi connectivity index (χ1n) is 5.30. The lowest BCUT2D eigenvalue weighted by Crippen LogP contribution is -2.50. The van der Waals surface area contributed by atoms with Gasteiger partial charge in [0.15, 0.2) is 0 Å². The van der Waals surface area contributed by atoms with Crippen molar-refractivity contribution in [1.82, 2.24) is 4.90 Å². The predicted molar refractivity (Wildman–Crippen MR) is 52.6 cm³/mol. The predicted octanol–water partition coefficient (Wildman–Crippen LogP) is 0.446. The molecule has 0 bridgehead atoms. The zero-order valence-corrected chi connectivity index (χ0v) is 8.46. The van der Waals surface area contributed by atoms with E-state index in [0.29, 0.717) is 11.5 Å². The smallest absolute Gasteiger partial charge is 0.0557 e. The Morgan fingerprint density at radius 3 is 2.69 bits per heavy atom. The van der Waals surface area contributed by atoms with Crippen molar-refractivity contribution in [1.29, 1.82) is 0 Å². The van der Waals surface area contributed by atoms with E-state index in [-0.39, 0.29) is 0 Å². The van der Waals surface area contributed by atoms with Crippen LogP contribution in [0.25, 0.3) is 0 Å². The summed E-state index contributed by atoms with van der Waals surface area (Å²) in [4.78, 5) is 2.50. The van der Waals surface area contributed by atoms with Gasteiger partial charge in [0, 0.05) is 24.5 Å². The Balaban J connectivity index is 1.83. The number of likely N-dealkylation sites (tertiary alicyclic amines) is 1. The topological polar surface area (TPSA) is 38.5 Å². The first kappa shape index (κ1) is 9.44.